The van der Waals surface area contributed by atoms with Crippen LogP contribution in [-0.2, 0) is 0 Å². The maximum Gasteiger partial charge on any atom is 0.204 e. The van der Waals surface area contributed by atoms with Gasteiger partial charge in [-0.15, -0.1) is 0 Å². The molecule has 0 aromatic heterocycles. The average Bonchev–Trinajstić information content (AvgIpc) is 1.65. The van der Waals surface area contributed by atoms with Crippen molar-refractivity contribution in [2.24, 2.45) is 0 Å². The maximum absolute atomic E-state index is 11.7. The van der Waals surface area contributed by atoms with Crippen LogP contribution >= 0.6 is 11.6 Å². The van der Waals surface area contributed by atoms with Gasteiger partial charge in [0.1, 0.15) is 6.17 Å². The van der Waals surface area contributed by atoms with Gasteiger partial charge in [-0.3, -0.25) is 0 Å². The Morgan fingerprint density at radius 1 is 1.57 bits per heavy atom. The Morgan fingerprint density at radius 3 is 2.00 bits per heavy atom. The second-order valence-electron chi connectivity index (χ2n) is 1.26. The van der Waals surface area contributed by atoms with Crippen molar-refractivity contribution in [2.75, 3.05) is 0 Å². The lowest BCUT2D eigenvalue weighted by Gasteiger charge is -2.00. The van der Waals surface area contributed by atoms with Crippen molar-refractivity contribution < 1.29 is 8.78 Å². The van der Waals surface area contributed by atoms with Crippen molar-refractivity contribution >= 4 is 11.6 Å². The van der Waals surface area contributed by atoms with E-state index < -0.39 is 11.8 Å². The third-order valence-electron chi connectivity index (χ3n) is 0.663. The molecule has 0 nitrogen and oxygen atoms in total. The molecule has 0 spiro atoms. The summed E-state index contributed by atoms with van der Waals surface area (Å²) in [6, 6.07) is 0. The second kappa shape index (κ2) is 3.19. The Labute approximate surface area is 46.5 Å². The van der Waals surface area contributed by atoms with Crippen LogP contribution in [0, 0.1) is 0 Å². The summed E-state index contributed by atoms with van der Waals surface area (Å²) in [6.45, 7) is 1.54. The molecule has 0 saturated heterocycles. The summed E-state index contributed by atoms with van der Waals surface area (Å²) in [5.41, 5.74) is -1.83. The van der Waals surface area contributed by atoms with Gasteiger partial charge in [0.25, 0.3) is 0 Å². The van der Waals surface area contributed by atoms with Gasteiger partial charge < -0.3 is 0 Å². The Balaban J connectivity index is 3.14. The minimum absolute atomic E-state index is 0.144. The van der Waals surface area contributed by atoms with Gasteiger partial charge in [0, 0.05) is 0 Å². The largest absolute Gasteiger partial charge is 0.243 e. The van der Waals surface area contributed by atoms with Crippen molar-refractivity contribution in [1.29, 1.82) is 0 Å². The first-order valence-electron chi connectivity index (χ1n) is 2.10. The molecule has 2 atom stereocenters. The molecule has 44 valence electrons. The summed E-state index contributed by atoms with van der Waals surface area (Å²) in [6.07, 6.45) is -1.35. The zero-order valence-corrected chi connectivity index (χ0v) is 4.75. The summed E-state index contributed by atoms with van der Waals surface area (Å²) in [5.74, 6) is 0. The Morgan fingerprint density at radius 2 is 2.00 bits per heavy atom. The van der Waals surface area contributed by atoms with Crippen molar-refractivity contribution in [1.82, 2.24) is 0 Å². The van der Waals surface area contributed by atoms with Crippen LogP contribution in [-0.4, -0.2) is 11.8 Å². The molecule has 3 heteroatoms. The molecule has 0 aliphatic carbocycles. The highest BCUT2D eigenvalue weighted by molar-refractivity contribution is 6.19. The van der Waals surface area contributed by atoms with Gasteiger partial charge in [-0.1, -0.05) is 18.5 Å². The smallest absolute Gasteiger partial charge is 0.204 e. The van der Waals surface area contributed by atoms with Gasteiger partial charge in [-0.2, -0.15) is 0 Å². The van der Waals surface area contributed by atoms with E-state index >= 15 is 0 Å². The second-order valence-corrected chi connectivity index (χ2v) is 1.68. The lowest BCUT2D eigenvalue weighted by Crippen LogP contribution is -2.07. The van der Waals surface area contributed by atoms with Crippen LogP contribution in [0.2, 0.25) is 0 Å². The van der Waals surface area contributed by atoms with Gasteiger partial charge in [0.2, 0.25) is 5.63 Å². The molecule has 0 fully saturated rings. The molecule has 0 aromatic rings. The van der Waals surface area contributed by atoms with E-state index in [2.05, 4.69) is 11.6 Å². The van der Waals surface area contributed by atoms with Crippen molar-refractivity contribution in [3.05, 3.63) is 0 Å². The van der Waals surface area contributed by atoms with Crippen LogP contribution in [0.5, 0.6) is 0 Å². The van der Waals surface area contributed by atoms with Crippen molar-refractivity contribution in [3.8, 4) is 0 Å². The Hall–Kier alpha value is 0.150. The predicted molar refractivity (Wildman–Crippen MR) is 25.9 cm³/mol. The van der Waals surface area contributed by atoms with Crippen LogP contribution in [0.25, 0.3) is 0 Å². The monoisotopic (exact) mass is 128 g/mol. The predicted octanol–water partition coefficient (Wildman–Crippen LogP) is 2.27. The number of hydrogen-bond acceptors (Lipinski definition) is 0. The van der Waals surface area contributed by atoms with Crippen molar-refractivity contribution in [3.63, 3.8) is 0 Å². The third kappa shape index (κ3) is 2.80. The van der Waals surface area contributed by atoms with E-state index in [1.165, 1.54) is 0 Å². The first-order chi connectivity index (χ1) is 3.18. The van der Waals surface area contributed by atoms with Crippen molar-refractivity contribution in [2.45, 2.75) is 25.1 Å². The highest BCUT2D eigenvalue weighted by atomic mass is 35.5. The first-order valence-corrected chi connectivity index (χ1v) is 2.54. The fourth-order valence-electron chi connectivity index (χ4n) is 0.178. The van der Waals surface area contributed by atoms with Crippen LogP contribution in [0.15, 0.2) is 0 Å². The molecule has 0 N–H and O–H groups in total. The Kier molecular flexibility index (Phi) is 3.26. The van der Waals surface area contributed by atoms with Crippen LogP contribution < -0.4 is 0 Å². The van der Waals surface area contributed by atoms with Gasteiger partial charge in [0.15, 0.2) is 0 Å². The van der Waals surface area contributed by atoms with E-state index in [9.17, 15) is 8.78 Å². The molecule has 0 aliphatic heterocycles. The van der Waals surface area contributed by atoms with Gasteiger partial charge in [-0.05, 0) is 6.42 Å². The van der Waals surface area contributed by atoms with Gasteiger partial charge in [-0.25, -0.2) is 8.78 Å². The normalized spacial score (nSPS) is 18.9. The fourth-order valence-corrected chi connectivity index (χ4v) is 0.356. The van der Waals surface area contributed by atoms with E-state index in [0.717, 1.165) is 0 Å². The molecule has 2 unspecified atom stereocenters. The SMILES string of the molecule is CCC(F)C(F)Cl. The molecule has 0 rings (SSSR count). The molecule has 0 aliphatic rings. The van der Waals surface area contributed by atoms with E-state index in [1.54, 1.807) is 6.92 Å². The van der Waals surface area contributed by atoms with E-state index in [1.807, 2.05) is 0 Å². The average molecular weight is 129 g/mol. The fraction of sp³-hybridized carbons (Fsp3) is 1.00. The van der Waals surface area contributed by atoms with E-state index in [0.29, 0.717) is 0 Å². The summed E-state index contributed by atoms with van der Waals surface area (Å²) >= 11 is 4.69. The maximum atomic E-state index is 11.7. The molecule has 7 heavy (non-hydrogen) atoms. The highest BCUT2D eigenvalue weighted by Crippen LogP contribution is 2.10. The molecule has 0 heterocycles. The number of hydrogen-bond donors (Lipinski definition) is 0. The Bertz CT molecular complexity index is 47.0. The van der Waals surface area contributed by atoms with E-state index in [-0.39, 0.29) is 6.42 Å². The quantitative estimate of drug-likeness (QED) is 0.501. The lowest BCUT2D eigenvalue weighted by molar-refractivity contribution is 0.224. The van der Waals surface area contributed by atoms with Gasteiger partial charge in [0.05, 0.1) is 0 Å². The lowest BCUT2D eigenvalue weighted by atomic mass is 10.3. The first kappa shape index (κ1) is 7.15. The molecule has 0 radical (unpaired) electrons. The highest BCUT2D eigenvalue weighted by Gasteiger charge is 2.13. The molecule has 0 saturated carbocycles. The third-order valence-corrected chi connectivity index (χ3v) is 0.937. The van der Waals surface area contributed by atoms with Crippen LogP contribution in [0.1, 0.15) is 13.3 Å². The summed E-state index contributed by atoms with van der Waals surface area (Å²) in [5, 5.41) is 0. The molecule has 0 amide bonds. The summed E-state index contributed by atoms with van der Waals surface area (Å²) in [7, 11) is 0. The number of alkyl halides is 3. The van der Waals surface area contributed by atoms with E-state index in [4.69, 9.17) is 0 Å². The molecule has 0 aromatic carbocycles. The summed E-state index contributed by atoms with van der Waals surface area (Å²) in [4.78, 5) is 0. The summed E-state index contributed by atoms with van der Waals surface area (Å²) < 4.78 is 23.2. The molecular formula is C4H7ClF2. The molecular weight excluding hydrogens is 121 g/mol. The number of rotatable bonds is 2. The van der Waals surface area contributed by atoms with Crippen LogP contribution in [0.3, 0.4) is 0 Å². The minimum Gasteiger partial charge on any atom is -0.243 e. The van der Waals surface area contributed by atoms with Crippen LogP contribution in [0.4, 0.5) is 8.78 Å². The number of halogens is 3. The zero-order valence-electron chi connectivity index (χ0n) is 4.00. The minimum atomic E-state index is -1.83. The topological polar surface area (TPSA) is 0 Å². The molecule has 0 bridgehead atoms. The zero-order chi connectivity index (χ0) is 5.86. The standard InChI is InChI=1S/C4H7ClF2/c1-2-3(6)4(5)7/h3-4H,2H2,1H3. The van der Waals surface area contributed by atoms with Gasteiger partial charge >= 0.3 is 0 Å².